The SMILES string of the molecule is c1cc(-c2ccc(-n3cccn3)cc2)cc(-c2nc(-c3cccc(-c4ccc(-n5cccn5)cc4)c3)nc(-c3cccc(-c4ccc(-n5cccn5)cc4)c3)n2)c1. The van der Waals surface area contributed by atoms with Gasteiger partial charge in [-0.05, 0) is 106 Å². The molecule has 0 radical (unpaired) electrons. The van der Waals surface area contributed by atoms with Crippen molar-refractivity contribution in [1.29, 1.82) is 0 Å². The Kier molecular flexibility index (Phi) is 8.62. The first kappa shape index (κ1) is 33.5. The molecule has 0 spiro atoms. The fraction of sp³-hybridized carbons (Fsp3) is 0. The number of hydrogen-bond donors (Lipinski definition) is 0. The van der Waals surface area contributed by atoms with E-state index in [-0.39, 0.29) is 0 Å². The Balaban J connectivity index is 1.04. The monoisotopic (exact) mass is 735 g/mol. The zero-order valence-electron chi connectivity index (χ0n) is 30.6. The maximum Gasteiger partial charge on any atom is 0.164 e. The van der Waals surface area contributed by atoms with E-state index in [2.05, 4.69) is 161 Å². The van der Waals surface area contributed by atoms with E-state index in [1.165, 1.54) is 0 Å². The van der Waals surface area contributed by atoms with Crippen molar-refractivity contribution in [3.05, 3.63) is 201 Å². The van der Waals surface area contributed by atoms with Gasteiger partial charge in [-0.15, -0.1) is 0 Å². The first-order valence-electron chi connectivity index (χ1n) is 18.6. The normalized spacial score (nSPS) is 11.2. The zero-order chi connectivity index (χ0) is 38.0. The fourth-order valence-corrected chi connectivity index (χ4v) is 6.96. The number of benzene rings is 6. The lowest BCUT2D eigenvalue weighted by Crippen LogP contribution is -2.00. The minimum Gasteiger partial charge on any atom is -0.241 e. The molecule has 10 aromatic rings. The van der Waals surface area contributed by atoms with Gasteiger partial charge in [0.2, 0.25) is 0 Å². The molecule has 0 aliphatic heterocycles. The predicted octanol–water partition coefficient (Wildman–Crippen LogP) is 10.4. The van der Waals surface area contributed by atoms with Crippen molar-refractivity contribution in [3.63, 3.8) is 0 Å². The highest BCUT2D eigenvalue weighted by Crippen LogP contribution is 2.32. The zero-order valence-corrected chi connectivity index (χ0v) is 30.6. The molecule has 9 heteroatoms. The van der Waals surface area contributed by atoms with Gasteiger partial charge in [0, 0.05) is 53.9 Å². The van der Waals surface area contributed by atoms with Crippen molar-refractivity contribution in [2.45, 2.75) is 0 Å². The molecule has 0 aliphatic carbocycles. The van der Waals surface area contributed by atoms with Crippen LogP contribution in [0.3, 0.4) is 0 Å². The van der Waals surface area contributed by atoms with Crippen LogP contribution in [-0.4, -0.2) is 44.3 Å². The smallest absolute Gasteiger partial charge is 0.164 e. The van der Waals surface area contributed by atoms with E-state index in [1.807, 2.05) is 50.8 Å². The molecule has 9 nitrogen and oxygen atoms in total. The van der Waals surface area contributed by atoms with Gasteiger partial charge in [0.05, 0.1) is 17.1 Å². The number of rotatable bonds is 9. The molecule has 0 unspecified atom stereocenters. The lowest BCUT2D eigenvalue weighted by atomic mass is 10.0. The molecular weight excluding hydrogens is 703 g/mol. The Bertz CT molecular complexity index is 2580. The largest absolute Gasteiger partial charge is 0.241 e. The first-order valence-corrected chi connectivity index (χ1v) is 18.6. The van der Waals surface area contributed by atoms with Crippen LogP contribution in [0.4, 0.5) is 0 Å². The number of aromatic nitrogens is 9. The third-order valence-corrected chi connectivity index (χ3v) is 9.91. The standard InChI is InChI=1S/C48H33N9/c1-7-37(34-13-19-43(20-14-34)55-28-4-25-49-55)31-40(10-1)46-52-47(41-11-2-8-38(32-41)35-15-21-44(22-16-35)56-29-5-26-50-56)54-48(53-46)42-12-3-9-39(33-42)36-17-23-45(24-18-36)57-30-6-27-51-57/h1-33H. The molecule has 0 saturated carbocycles. The fourth-order valence-electron chi connectivity index (χ4n) is 6.96. The van der Waals surface area contributed by atoms with Gasteiger partial charge >= 0.3 is 0 Å². The molecule has 0 atom stereocenters. The van der Waals surface area contributed by atoms with Gasteiger partial charge in [-0.3, -0.25) is 0 Å². The Hall–Kier alpha value is -8.04. The molecule has 0 bridgehead atoms. The molecule has 4 heterocycles. The Morgan fingerprint density at radius 3 is 0.807 bits per heavy atom. The van der Waals surface area contributed by atoms with Crippen LogP contribution in [-0.2, 0) is 0 Å². The van der Waals surface area contributed by atoms with E-state index in [0.29, 0.717) is 17.5 Å². The molecule has 0 amide bonds. The van der Waals surface area contributed by atoms with E-state index in [9.17, 15) is 0 Å². The number of hydrogen-bond acceptors (Lipinski definition) is 6. The average Bonchev–Trinajstić information content (AvgIpc) is 4.13. The molecule has 10 rings (SSSR count). The molecule has 0 fully saturated rings. The van der Waals surface area contributed by atoms with Gasteiger partial charge in [-0.2, -0.15) is 15.3 Å². The topological polar surface area (TPSA) is 92.1 Å². The van der Waals surface area contributed by atoms with Crippen LogP contribution in [0, 0.1) is 0 Å². The maximum absolute atomic E-state index is 5.13. The number of nitrogens with zero attached hydrogens (tertiary/aromatic N) is 9. The average molecular weight is 736 g/mol. The summed E-state index contributed by atoms with van der Waals surface area (Å²) in [5.41, 5.74) is 12.1. The van der Waals surface area contributed by atoms with Crippen molar-refractivity contribution in [1.82, 2.24) is 44.3 Å². The van der Waals surface area contributed by atoms with E-state index >= 15 is 0 Å². The van der Waals surface area contributed by atoms with Crippen LogP contribution >= 0.6 is 0 Å². The lowest BCUT2D eigenvalue weighted by molar-refractivity contribution is 0.881. The summed E-state index contributed by atoms with van der Waals surface area (Å²) in [6.45, 7) is 0. The van der Waals surface area contributed by atoms with Crippen molar-refractivity contribution >= 4 is 0 Å². The van der Waals surface area contributed by atoms with Gasteiger partial charge in [-0.25, -0.2) is 29.0 Å². The van der Waals surface area contributed by atoms with Gasteiger partial charge in [0.1, 0.15) is 0 Å². The van der Waals surface area contributed by atoms with Gasteiger partial charge in [0.25, 0.3) is 0 Å². The first-order chi connectivity index (χ1) is 28.2. The second-order valence-corrected chi connectivity index (χ2v) is 13.5. The summed E-state index contributed by atoms with van der Waals surface area (Å²) in [6.07, 6.45) is 11.2. The van der Waals surface area contributed by atoms with E-state index in [0.717, 1.165) is 67.1 Å². The summed E-state index contributed by atoms with van der Waals surface area (Å²) in [6, 6.07) is 55.9. The van der Waals surface area contributed by atoms with Gasteiger partial charge < -0.3 is 0 Å². The molecule has 270 valence electrons. The minimum absolute atomic E-state index is 0.591. The van der Waals surface area contributed by atoms with Crippen LogP contribution < -0.4 is 0 Å². The molecule has 6 aromatic carbocycles. The summed E-state index contributed by atoms with van der Waals surface area (Å²) in [7, 11) is 0. The van der Waals surface area contributed by atoms with Crippen molar-refractivity contribution in [2.24, 2.45) is 0 Å². The highest BCUT2D eigenvalue weighted by molar-refractivity contribution is 5.76. The van der Waals surface area contributed by atoms with Crippen LogP contribution in [0.5, 0.6) is 0 Å². The summed E-state index contributed by atoms with van der Waals surface area (Å²) in [5, 5.41) is 13.1. The predicted molar refractivity (Wildman–Crippen MR) is 224 cm³/mol. The van der Waals surface area contributed by atoms with E-state index < -0.39 is 0 Å². The molecule has 57 heavy (non-hydrogen) atoms. The van der Waals surface area contributed by atoms with E-state index in [4.69, 9.17) is 15.0 Å². The van der Waals surface area contributed by atoms with Crippen molar-refractivity contribution in [3.8, 4) is 84.6 Å². The second kappa shape index (κ2) is 14.7. The quantitative estimate of drug-likeness (QED) is 0.147. The summed E-state index contributed by atoms with van der Waals surface area (Å²) in [5.74, 6) is 1.77. The molecular formula is C48H33N9. The van der Waals surface area contributed by atoms with Crippen LogP contribution in [0.25, 0.3) is 84.6 Å². The summed E-state index contributed by atoms with van der Waals surface area (Å²) in [4.78, 5) is 15.4. The minimum atomic E-state index is 0.591. The third kappa shape index (κ3) is 6.92. The molecule has 0 N–H and O–H groups in total. The van der Waals surface area contributed by atoms with Crippen LogP contribution in [0.2, 0.25) is 0 Å². The molecule has 0 aliphatic rings. The molecule has 4 aromatic heterocycles. The molecule has 0 saturated heterocycles. The van der Waals surface area contributed by atoms with E-state index in [1.54, 1.807) is 18.6 Å². The third-order valence-electron chi connectivity index (χ3n) is 9.91. The summed E-state index contributed by atoms with van der Waals surface area (Å²) < 4.78 is 5.56. The van der Waals surface area contributed by atoms with Crippen molar-refractivity contribution < 1.29 is 0 Å². The highest BCUT2D eigenvalue weighted by Gasteiger charge is 2.15. The van der Waals surface area contributed by atoms with Crippen molar-refractivity contribution in [2.75, 3.05) is 0 Å². The summed E-state index contributed by atoms with van der Waals surface area (Å²) >= 11 is 0. The maximum atomic E-state index is 5.13. The van der Waals surface area contributed by atoms with Crippen LogP contribution in [0.1, 0.15) is 0 Å². The lowest BCUT2D eigenvalue weighted by Gasteiger charge is -2.12. The van der Waals surface area contributed by atoms with Gasteiger partial charge in [0.15, 0.2) is 17.5 Å². The van der Waals surface area contributed by atoms with Crippen LogP contribution in [0.15, 0.2) is 201 Å². The Labute approximate surface area is 328 Å². The Morgan fingerprint density at radius 1 is 0.263 bits per heavy atom. The van der Waals surface area contributed by atoms with Gasteiger partial charge in [-0.1, -0.05) is 91.0 Å². The second-order valence-electron chi connectivity index (χ2n) is 13.5. The highest BCUT2D eigenvalue weighted by atomic mass is 15.3. The Morgan fingerprint density at radius 2 is 0.544 bits per heavy atom.